The summed E-state index contributed by atoms with van der Waals surface area (Å²) in [6, 6.07) is 5.07. The van der Waals surface area contributed by atoms with E-state index in [1.54, 1.807) is 6.20 Å². The maximum Gasteiger partial charge on any atom is 0.416 e. The van der Waals surface area contributed by atoms with Gasteiger partial charge in [0.1, 0.15) is 0 Å². The molecule has 0 bridgehead atoms. The molecule has 0 spiro atoms. The van der Waals surface area contributed by atoms with Crippen molar-refractivity contribution in [3.63, 3.8) is 0 Å². The Kier molecular flexibility index (Phi) is 5.39. The fourth-order valence-corrected chi connectivity index (χ4v) is 3.20. The number of benzene rings is 1. The number of halogens is 3. The number of nitrogens with zero attached hydrogens (tertiary/aromatic N) is 1. The maximum atomic E-state index is 12.6. The van der Waals surface area contributed by atoms with Gasteiger partial charge in [0, 0.05) is 17.5 Å². The Morgan fingerprint density at radius 2 is 1.96 bits per heavy atom. The summed E-state index contributed by atoms with van der Waals surface area (Å²) < 4.78 is 37.7. The summed E-state index contributed by atoms with van der Waals surface area (Å²) in [6.45, 7) is 1.12. The van der Waals surface area contributed by atoms with E-state index in [0.717, 1.165) is 29.1 Å². The summed E-state index contributed by atoms with van der Waals surface area (Å²) in [6.07, 6.45) is 0.248. The molecule has 1 fully saturated rings. The van der Waals surface area contributed by atoms with Crippen LogP contribution in [0.3, 0.4) is 0 Å². The Bertz CT molecular complexity index is 723. The van der Waals surface area contributed by atoms with Crippen molar-refractivity contribution in [1.29, 1.82) is 0 Å². The fourth-order valence-electron chi connectivity index (χ4n) is 2.34. The number of hydrogen-bond acceptors (Lipinski definition) is 4. The first-order valence-electron chi connectivity index (χ1n) is 8.01. The van der Waals surface area contributed by atoms with E-state index in [1.165, 1.54) is 36.3 Å². The molecule has 0 atom stereocenters. The molecule has 0 unspecified atom stereocenters. The Morgan fingerprint density at radius 1 is 1.24 bits per heavy atom. The molecule has 1 amide bonds. The van der Waals surface area contributed by atoms with Crippen LogP contribution in [-0.2, 0) is 17.4 Å². The van der Waals surface area contributed by atoms with Crippen LogP contribution in [0.5, 0.6) is 0 Å². The lowest BCUT2D eigenvalue weighted by Gasteiger charge is -2.06. The fraction of sp³-hybridized carbons (Fsp3) is 0.412. The number of aromatic nitrogens is 1. The zero-order chi connectivity index (χ0) is 17.9. The highest BCUT2D eigenvalue weighted by Crippen LogP contribution is 2.30. The Hall–Kier alpha value is -1.93. The minimum absolute atomic E-state index is 0.143. The van der Waals surface area contributed by atoms with Crippen LogP contribution >= 0.6 is 11.3 Å². The second-order valence-corrected chi connectivity index (χ2v) is 7.24. The lowest BCUT2D eigenvalue weighted by atomic mass is 10.1. The molecule has 4 nitrogen and oxygen atoms in total. The molecule has 0 saturated heterocycles. The van der Waals surface area contributed by atoms with E-state index in [9.17, 15) is 18.0 Å². The van der Waals surface area contributed by atoms with E-state index < -0.39 is 11.7 Å². The molecule has 25 heavy (non-hydrogen) atoms. The van der Waals surface area contributed by atoms with Gasteiger partial charge in [-0.15, -0.1) is 11.3 Å². The van der Waals surface area contributed by atoms with Gasteiger partial charge in [-0.2, -0.15) is 13.2 Å². The number of carbonyl (C=O) groups is 1. The van der Waals surface area contributed by atoms with Gasteiger partial charge in [0.05, 0.1) is 12.1 Å². The number of hydrogen-bond donors (Lipinski definition) is 2. The van der Waals surface area contributed by atoms with Crippen LogP contribution in [0.2, 0.25) is 0 Å². The van der Waals surface area contributed by atoms with Crippen LogP contribution in [0.4, 0.5) is 18.3 Å². The van der Waals surface area contributed by atoms with Crippen molar-refractivity contribution in [2.24, 2.45) is 5.92 Å². The third kappa shape index (κ3) is 5.54. The lowest BCUT2D eigenvalue weighted by Crippen LogP contribution is -2.29. The van der Waals surface area contributed by atoms with Gasteiger partial charge in [0.2, 0.25) is 5.91 Å². The summed E-state index contributed by atoms with van der Waals surface area (Å²) in [7, 11) is 0. The van der Waals surface area contributed by atoms with Gasteiger partial charge < -0.3 is 10.6 Å². The molecular weight excluding hydrogens is 351 g/mol. The highest BCUT2D eigenvalue weighted by Gasteiger charge is 2.29. The molecule has 2 aromatic rings. The Morgan fingerprint density at radius 3 is 2.60 bits per heavy atom. The number of nitrogens with one attached hydrogen (secondary N) is 2. The lowest BCUT2D eigenvalue weighted by molar-refractivity contribution is -0.137. The van der Waals surface area contributed by atoms with Gasteiger partial charge in [-0.05, 0) is 43.0 Å². The first-order chi connectivity index (χ1) is 11.9. The molecule has 1 aromatic heterocycles. The molecule has 1 aromatic carbocycles. The normalized spacial score (nSPS) is 14.5. The van der Waals surface area contributed by atoms with Gasteiger partial charge in [-0.3, -0.25) is 4.79 Å². The van der Waals surface area contributed by atoms with Crippen molar-refractivity contribution >= 4 is 22.4 Å². The summed E-state index contributed by atoms with van der Waals surface area (Å²) in [5, 5.41) is 6.33. The molecule has 1 heterocycles. The van der Waals surface area contributed by atoms with Gasteiger partial charge in [-0.1, -0.05) is 12.1 Å². The molecule has 2 N–H and O–H groups in total. The van der Waals surface area contributed by atoms with Gasteiger partial charge >= 0.3 is 6.18 Å². The molecule has 134 valence electrons. The first-order valence-corrected chi connectivity index (χ1v) is 8.83. The van der Waals surface area contributed by atoms with E-state index in [2.05, 4.69) is 15.6 Å². The highest BCUT2D eigenvalue weighted by molar-refractivity contribution is 7.15. The molecule has 0 aliphatic heterocycles. The number of carbonyl (C=O) groups excluding carboxylic acids is 1. The predicted molar refractivity (Wildman–Crippen MR) is 90.6 cm³/mol. The zero-order valence-corrected chi connectivity index (χ0v) is 14.2. The van der Waals surface area contributed by atoms with E-state index in [4.69, 9.17) is 0 Å². The molecule has 1 saturated carbocycles. The maximum absolute atomic E-state index is 12.6. The van der Waals surface area contributed by atoms with Crippen LogP contribution < -0.4 is 10.6 Å². The van der Waals surface area contributed by atoms with Crippen molar-refractivity contribution in [2.45, 2.75) is 25.4 Å². The van der Waals surface area contributed by atoms with E-state index in [-0.39, 0.29) is 12.5 Å². The standard InChI is InChI=1S/C17H18F3N3OS/c18-17(19,20)13-5-3-11(4-6-13)7-14-9-22-16(25-14)23-15(24)10-21-8-12-1-2-12/h3-6,9,12,21H,1-2,7-8,10H2,(H,22,23,24). The highest BCUT2D eigenvalue weighted by atomic mass is 32.1. The van der Waals surface area contributed by atoms with E-state index in [1.807, 2.05) is 0 Å². The summed E-state index contributed by atoms with van der Waals surface area (Å²) in [5.74, 6) is 0.569. The largest absolute Gasteiger partial charge is 0.416 e. The van der Waals surface area contributed by atoms with Crippen molar-refractivity contribution < 1.29 is 18.0 Å². The topological polar surface area (TPSA) is 54.0 Å². The van der Waals surface area contributed by atoms with Gasteiger partial charge in [0.15, 0.2) is 5.13 Å². The van der Waals surface area contributed by atoms with Crippen LogP contribution in [-0.4, -0.2) is 24.0 Å². The minimum Gasteiger partial charge on any atom is -0.308 e. The first kappa shape index (κ1) is 17.9. The van der Waals surface area contributed by atoms with Crippen LogP contribution in [0, 0.1) is 5.92 Å². The number of thiazole rings is 1. The molecule has 3 rings (SSSR count). The van der Waals surface area contributed by atoms with Crippen molar-refractivity contribution in [3.05, 3.63) is 46.5 Å². The van der Waals surface area contributed by atoms with E-state index >= 15 is 0 Å². The quantitative estimate of drug-likeness (QED) is 0.783. The summed E-state index contributed by atoms with van der Waals surface area (Å²) in [4.78, 5) is 16.8. The molecule has 8 heteroatoms. The number of alkyl halides is 3. The van der Waals surface area contributed by atoms with Gasteiger partial charge in [0.25, 0.3) is 0 Å². The predicted octanol–water partition coefficient (Wildman–Crippen LogP) is 3.69. The SMILES string of the molecule is O=C(CNCC1CC1)Nc1ncc(Cc2ccc(C(F)(F)F)cc2)s1. The smallest absolute Gasteiger partial charge is 0.308 e. The van der Waals surface area contributed by atoms with Gasteiger partial charge in [-0.25, -0.2) is 4.98 Å². The third-order valence-electron chi connectivity index (χ3n) is 3.88. The molecular formula is C17H18F3N3OS. The van der Waals surface area contributed by atoms with Crippen LogP contribution in [0.1, 0.15) is 28.8 Å². The third-order valence-corrected chi connectivity index (χ3v) is 4.79. The van der Waals surface area contributed by atoms with Crippen LogP contribution in [0.15, 0.2) is 30.5 Å². The molecule has 1 aliphatic carbocycles. The second-order valence-electron chi connectivity index (χ2n) is 6.13. The number of anilines is 1. The van der Waals surface area contributed by atoms with Crippen molar-refractivity contribution in [1.82, 2.24) is 10.3 Å². The van der Waals surface area contributed by atoms with Crippen molar-refractivity contribution in [3.8, 4) is 0 Å². The van der Waals surface area contributed by atoms with Crippen molar-refractivity contribution in [2.75, 3.05) is 18.4 Å². The summed E-state index contributed by atoms with van der Waals surface area (Å²) in [5.41, 5.74) is 0.104. The Labute approximate surface area is 147 Å². The van der Waals surface area contributed by atoms with Crippen LogP contribution in [0.25, 0.3) is 0 Å². The molecule has 0 radical (unpaired) electrons. The van der Waals surface area contributed by atoms with E-state index in [0.29, 0.717) is 17.5 Å². The monoisotopic (exact) mass is 369 g/mol. The number of rotatable bonds is 7. The summed E-state index contributed by atoms with van der Waals surface area (Å²) >= 11 is 1.32. The Balaban J connectivity index is 1.49. The second kappa shape index (κ2) is 7.53. The zero-order valence-electron chi connectivity index (χ0n) is 13.4. The number of amides is 1. The molecule has 1 aliphatic rings. The average molecular weight is 369 g/mol. The average Bonchev–Trinajstić information content (AvgIpc) is 3.27. The minimum atomic E-state index is -4.33.